The summed E-state index contributed by atoms with van der Waals surface area (Å²) in [6.07, 6.45) is 3.97. The van der Waals surface area contributed by atoms with Crippen molar-refractivity contribution in [2.45, 2.75) is 36.6 Å². The number of hydrogen-bond acceptors (Lipinski definition) is 4. The maximum absolute atomic E-state index is 13.5. The van der Waals surface area contributed by atoms with Gasteiger partial charge in [0.1, 0.15) is 5.82 Å². The number of carbonyl (C=O) groups excluding carboxylic acids is 2. The third kappa shape index (κ3) is 2.82. The number of carbonyl (C=O) groups is 2. The fourth-order valence-electron chi connectivity index (χ4n) is 3.85. The summed E-state index contributed by atoms with van der Waals surface area (Å²) < 4.78 is 39.7. The standard InChI is InChI=1S/C20H18FNO4S/c1-22-18(19(23)14-7-6-12-4-2-3-5-13(12)10-14)20(24)16-9-8-15(21)11-17(16)27(22,25)26/h6-11,18H,2-5H2,1H3. The van der Waals surface area contributed by atoms with E-state index in [1.54, 1.807) is 12.1 Å². The predicted octanol–water partition coefficient (Wildman–Crippen LogP) is 2.77. The van der Waals surface area contributed by atoms with Gasteiger partial charge in [-0.15, -0.1) is 0 Å². The molecule has 2 aliphatic rings. The van der Waals surface area contributed by atoms with Crippen molar-refractivity contribution in [3.8, 4) is 0 Å². The highest BCUT2D eigenvalue weighted by Crippen LogP contribution is 2.31. The van der Waals surface area contributed by atoms with Crippen molar-refractivity contribution in [1.82, 2.24) is 4.31 Å². The van der Waals surface area contributed by atoms with Crippen molar-refractivity contribution in [1.29, 1.82) is 0 Å². The predicted molar refractivity (Wildman–Crippen MR) is 96.9 cm³/mol. The molecule has 140 valence electrons. The maximum Gasteiger partial charge on any atom is 0.244 e. The van der Waals surface area contributed by atoms with Gasteiger partial charge in [0, 0.05) is 18.2 Å². The highest BCUT2D eigenvalue weighted by atomic mass is 32.2. The molecule has 2 aromatic rings. The molecule has 0 saturated carbocycles. The minimum absolute atomic E-state index is 0.147. The molecular formula is C20H18FNO4S. The highest BCUT2D eigenvalue weighted by Gasteiger charge is 2.45. The van der Waals surface area contributed by atoms with Crippen molar-refractivity contribution in [3.63, 3.8) is 0 Å². The Balaban J connectivity index is 1.78. The van der Waals surface area contributed by atoms with Crippen molar-refractivity contribution in [2.24, 2.45) is 0 Å². The molecule has 1 atom stereocenters. The van der Waals surface area contributed by atoms with Crippen molar-refractivity contribution >= 4 is 21.6 Å². The molecule has 0 N–H and O–H groups in total. The average molecular weight is 387 g/mol. The van der Waals surface area contributed by atoms with Crippen LogP contribution in [0.4, 0.5) is 4.39 Å². The summed E-state index contributed by atoms with van der Waals surface area (Å²) in [5.74, 6) is -1.95. The Morgan fingerprint density at radius 3 is 2.52 bits per heavy atom. The number of sulfonamides is 1. The van der Waals surface area contributed by atoms with Gasteiger partial charge in [0.25, 0.3) is 0 Å². The van der Waals surface area contributed by atoms with E-state index in [0.29, 0.717) is 5.56 Å². The van der Waals surface area contributed by atoms with Crippen LogP contribution >= 0.6 is 0 Å². The molecular weight excluding hydrogens is 369 g/mol. The Hall–Kier alpha value is -2.38. The van der Waals surface area contributed by atoms with E-state index in [2.05, 4.69) is 0 Å². The first kappa shape index (κ1) is 18.0. The number of Topliss-reactive ketones (excluding diaryl/α,β-unsaturated/α-hetero) is 2. The first-order chi connectivity index (χ1) is 12.8. The van der Waals surface area contributed by atoms with Gasteiger partial charge in [-0.3, -0.25) is 9.59 Å². The fourth-order valence-corrected chi connectivity index (χ4v) is 5.34. The highest BCUT2D eigenvalue weighted by molar-refractivity contribution is 7.89. The number of rotatable bonds is 2. The number of nitrogens with zero attached hydrogens (tertiary/aromatic N) is 1. The third-order valence-electron chi connectivity index (χ3n) is 5.36. The summed E-state index contributed by atoms with van der Waals surface area (Å²) in [5, 5.41) is 0. The molecule has 0 amide bonds. The van der Waals surface area contributed by atoms with Crippen molar-refractivity contribution in [3.05, 3.63) is 64.5 Å². The lowest BCUT2D eigenvalue weighted by atomic mass is 9.88. The van der Waals surface area contributed by atoms with Crippen LogP contribution in [-0.2, 0) is 22.9 Å². The minimum atomic E-state index is -4.14. The lowest BCUT2D eigenvalue weighted by Crippen LogP contribution is -2.51. The van der Waals surface area contributed by atoms with Crippen LogP contribution < -0.4 is 0 Å². The first-order valence-corrected chi connectivity index (χ1v) is 10.2. The monoisotopic (exact) mass is 387 g/mol. The molecule has 7 heteroatoms. The number of hydrogen-bond donors (Lipinski definition) is 0. The van der Waals surface area contributed by atoms with Crippen LogP contribution in [0.25, 0.3) is 0 Å². The van der Waals surface area contributed by atoms with Gasteiger partial charge in [-0.05, 0) is 61.1 Å². The van der Waals surface area contributed by atoms with E-state index in [-0.39, 0.29) is 5.56 Å². The topological polar surface area (TPSA) is 71.5 Å². The van der Waals surface area contributed by atoms with Gasteiger partial charge in [0.05, 0.1) is 4.90 Å². The van der Waals surface area contributed by atoms with Crippen LogP contribution in [0.3, 0.4) is 0 Å². The number of ketones is 2. The quantitative estimate of drug-likeness (QED) is 0.587. The second-order valence-corrected chi connectivity index (χ2v) is 8.95. The summed E-state index contributed by atoms with van der Waals surface area (Å²) in [5.41, 5.74) is 2.44. The zero-order valence-corrected chi connectivity index (χ0v) is 15.6. The molecule has 5 nitrogen and oxygen atoms in total. The minimum Gasteiger partial charge on any atom is -0.292 e. The Morgan fingerprint density at radius 2 is 1.78 bits per heavy atom. The number of benzene rings is 2. The van der Waals surface area contributed by atoms with Crippen LogP contribution in [0.15, 0.2) is 41.3 Å². The number of fused-ring (bicyclic) bond motifs is 2. The van der Waals surface area contributed by atoms with Crippen LogP contribution in [-0.4, -0.2) is 37.4 Å². The molecule has 4 rings (SSSR count). The molecule has 2 aromatic carbocycles. The Bertz CT molecular complexity index is 1080. The number of halogens is 1. The Kier molecular flexibility index (Phi) is 4.24. The van der Waals surface area contributed by atoms with E-state index in [1.165, 1.54) is 12.6 Å². The second-order valence-electron chi connectivity index (χ2n) is 6.98. The van der Waals surface area contributed by atoms with Gasteiger partial charge in [-0.2, -0.15) is 4.31 Å². The molecule has 27 heavy (non-hydrogen) atoms. The lowest BCUT2D eigenvalue weighted by Gasteiger charge is -2.31. The van der Waals surface area contributed by atoms with Crippen LogP contribution in [0.2, 0.25) is 0 Å². The van der Waals surface area contributed by atoms with Gasteiger partial charge in [-0.1, -0.05) is 12.1 Å². The molecule has 1 aliphatic heterocycles. The van der Waals surface area contributed by atoms with E-state index >= 15 is 0 Å². The van der Waals surface area contributed by atoms with Crippen LogP contribution in [0, 0.1) is 5.82 Å². The van der Waals surface area contributed by atoms with Gasteiger partial charge in [0.15, 0.2) is 17.6 Å². The molecule has 1 unspecified atom stereocenters. The summed E-state index contributed by atoms with van der Waals surface area (Å²) in [6, 6.07) is 6.80. The number of aryl methyl sites for hydroxylation is 2. The summed E-state index contributed by atoms with van der Waals surface area (Å²) in [7, 11) is -2.96. The lowest BCUT2D eigenvalue weighted by molar-refractivity contribution is 0.0784. The molecule has 0 radical (unpaired) electrons. The van der Waals surface area contributed by atoms with Crippen LogP contribution in [0.1, 0.15) is 44.7 Å². The van der Waals surface area contributed by atoms with Crippen LogP contribution in [0.5, 0.6) is 0 Å². The molecule has 1 heterocycles. The fraction of sp³-hybridized carbons (Fsp3) is 0.300. The smallest absolute Gasteiger partial charge is 0.244 e. The summed E-state index contributed by atoms with van der Waals surface area (Å²) in [4.78, 5) is 25.6. The van der Waals surface area contributed by atoms with E-state index in [4.69, 9.17) is 0 Å². The van der Waals surface area contributed by atoms with Crippen molar-refractivity contribution < 1.29 is 22.4 Å². The first-order valence-electron chi connectivity index (χ1n) is 8.78. The average Bonchev–Trinajstić information content (AvgIpc) is 2.66. The summed E-state index contributed by atoms with van der Waals surface area (Å²) in [6.45, 7) is 0. The Morgan fingerprint density at radius 1 is 1.07 bits per heavy atom. The third-order valence-corrected chi connectivity index (χ3v) is 7.22. The normalized spacial score (nSPS) is 21.4. The van der Waals surface area contributed by atoms with Gasteiger partial charge >= 0.3 is 0 Å². The Labute approximate surface area is 156 Å². The van der Waals surface area contributed by atoms with Gasteiger partial charge in [-0.25, -0.2) is 12.8 Å². The molecule has 0 bridgehead atoms. The maximum atomic E-state index is 13.5. The molecule has 0 aromatic heterocycles. The van der Waals surface area contributed by atoms with Gasteiger partial charge in [0.2, 0.25) is 10.0 Å². The van der Waals surface area contributed by atoms with E-state index < -0.39 is 38.3 Å². The zero-order valence-electron chi connectivity index (χ0n) is 14.7. The number of likely N-dealkylation sites (N-methyl/N-ethyl adjacent to an activating group) is 1. The van der Waals surface area contributed by atoms with E-state index in [1.807, 2.05) is 6.07 Å². The zero-order chi connectivity index (χ0) is 19.3. The summed E-state index contributed by atoms with van der Waals surface area (Å²) >= 11 is 0. The molecule has 0 fully saturated rings. The molecule has 0 spiro atoms. The molecule has 0 saturated heterocycles. The van der Waals surface area contributed by atoms with E-state index in [9.17, 15) is 22.4 Å². The van der Waals surface area contributed by atoms with Gasteiger partial charge < -0.3 is 0 Å². The van der Waals surface area contributed by atoms with Crippen molar-refractivity contribution in [2.75, 3.05) is 7.05 Å². The second kappa shape index (κ2) is 6.35. The van der Waals surface area contributed by atoms with E-state index in [0.717, 1.165) is 53.8 Å². The largest absolute Gasteiger partial charge is 0.292 e. The molecule has 1 aliphatic carbocycles. The SMILES string of the molecule is CN1C(C(=O)c2ccc3c(c2)CCCC3)C(=O)c2ccc(F)cc2S1(=O)=O.